The van der Waals surface area contributed by atoms with E-state index in [2.05, 4.69) is 16.0 Å². The zero-order valence-electron chi connectivity index (χ0n) is 31.0. The Morgan fingerprint density at radius 1 is 1.11 bits per heavy atom. The average molecular weight is 818 g/mol. The summed E-state index contributed by atoms with van der Waals surface area (Å²) in [5.41, 5.74) is 3.40. The Hall–Kier alpha value is -4.44. The van der Waals surface area contributed by atoms with Crippen molar-refractivity contribution in [3.63, 3.8) is 0 Å². The molecule has 6 fully saturated rings. The van der Waals surface area contributed by atoms with Crippen LogP contribution < -0.4 is 10.2 Å². The van der Waals surface area contributed by atoms with E-state index in [9.17, 15) is 28.0 Å². The summed E-state index contributed by atoms with van der Waals surface area (Å²) in [7, 11) is 0. The highest BCUT2D eigenvalue weighted by Crippen LogP contribution is 2.54. The summed E-state index contributed by atoms with van der Waals surface area (Å²) in [5.74, 6) is -1.32. The van der Waals surface area contributed by atoms with Crippen molar-refractivity contribution in [3.8, 4) is 6.07 Å². The van der Waals surface area contributed by atoms with Crippen LogP contribution in [-0.2, 0) is 22.2 Å². The van der Waals surface area contributed by atoms with Crippen LogP contribution in [0.15, 0.2) is 52.5 Å². The third-order valence-electron chi connectivity index (χ3n) is 13.3. The van der Waals surface area contributed by atoms with Crippen molar-refractivity contribution in [3.05, 3.63) is 86.4 Å². The largest absolute Gasteiger partial charge is 0.416 e. The predicted molar refractivity (Wildman–Crippen MR) is 209 cm³/mol. The molecule has 4 bridgehead atoms. The molecule has 0 spiro atoms. The Kier molecular flexibility index (Phi) is 8.60. The fourth-order valence-corrected chi connectivity index (χ4v) is 10.9. The van der Waals surface area contributed by atoms with Gasteiger partial charge in [0.2, 0.25) is 11.8 Å². The minimum Gasteiger partial charge on any atom is -0.337 e. The van der Waals surface area contributed by atoms with Crippen LogP contribution in [0.5, 0.6) is 0 Å². The lowest BCUT2D eigenvalue weighted by Crippen LogP contribution is -2.47. The van der Waals surface area contributed by atoms with Gasteiger partial charge in [0.25, 0.3) is 0 Å². The zero-order chi connectivity index (χ0) is 39.7. The van der Waals surface area contributed by atoms with E-state index >= 15 is 4.39 Å². The number of pyridine rings is 1. The molecule has 294 valence electrons. The topological polar surface area (TPSA) is 94.3 Å². The fourth-order valence-electron chi connectivity index (χ4n) is 10.5. The molecule has 7 aliphatic rings. The number of piperidine rings is 1. The second kappa shape index (κ2) is 13.3. The number of likely N-dealkylation sites (tertiary alicyclic amines) is 1. The number of amides is 2. The van der Waals surface area contributed by atoms with Crippen molar-refractivity contribution in [2.24, 2.45) is 17.8 Å². The molecule has 0 radical (unpaired) electrons. The summed E-state index contributed by atoms with van der Waals surface area (Å²) in [6, 6.07) is 9.91. The number of carbonyl (C=O) groups excluding carboxylic acids is 2. The SMILES string of the molecule is Cc1nc2c(F)c(C3=C(Cl)C(Cl)=CCC3)c(CCC#N)cc2c2c1cc([C@H]1[C@H]3C[C@H](CN(c4ccc(C(F)(F)F)cc4)C3=O)N1C(=O)C1CC1)n2[C@H]1[C@H]2CN[C@@H]1C2. The third-order valence-corrected chi connectivity index (χ3v) is 14.1. The molecule has 3 aliphatic carbocycles. The van der Waals surface area contributed by atoms with Crippen molar-refractivity contribution in [1.29, 1.82) is 5.26 Å². The summed E-state index contributed by atoms with van der Waals surface area (Å²) in [4.78, 5) is 37.4. The average Bonchev–Trinajstić information content (AvgIpc) is 3.46. The third kappa shape index (κ3) is 5.66. The van der Waals surface area contributed by atoms with Crippen LogP contribution in [0.2, 0.25) is 0 Å². The smallest absolute Gasteiger partial charge is 0.337 e. The number of rotatable bonds is 7. The van der Waals surface area contributed by atoms with Gasteiger partial charge in [-0.15, -0.1) is 0 Å². The maximum absolute atomic E-state index is 17.3. The molecule has 6 atom stereocenters. The molecule has 8 nitrogen and oxygen atoms in total. The van der Waals surface area contributed by atoms with Crippen LogP contribution in [0, 0.1) is 41.8 Å². The Labute approximate surface area is 336 Å². The quantitative estimate of drug-likeness (QED) is 0.188. The Bertz CT molecular complexity index is 2500. The minimum absolute atomic E-state index is 0.0133. The summed E-state index contributed by atoms with van der Waals surface area (Å²) in [6.07, 6.45) is 1.69. The number of hydrogen-bond donors (Lipinski definition) is 1. The number of alkyl halides is 3. The molecule has 0 unspecified atom stereocenters. The van der Waals surface area contributed by atoms with Crippen molar-refractivity contribution in [2.75, 3.05) is 18.0 Å². The number of nitriles is 1. The van der Waals surface area contributed by atoms with Gasteiger partial charge in [-0.05, 0) is 105 Å². The molecule has 2 amide bonds. The van der Waals surface area contributed by atoms with Crippen LogP contribution >= 0.6 is 23.2 Å². The number of hydrogen-bond acceptors (Lipinski definition) is 5. The maximum Gasteiger partial charge on any atom is 0.416 e. The van der Waals surface area contributed by atoms with Gasteiger partial charge >= 0.3 is 6.18 Å². The second-order valence-corrected chi connectivity index (χ2v) is 17.3. The molecule has 57 heavy (non-hydrogen) atoms. The molecule has 14 heteroatoms. The number of anilines is 1. The molecular weight excluding hydrogens is 779 g/mol. The fraction of sp³-hybridized carbons (Fsp3) is 0.442. The number of halogens is 6. The number of fused-ring (bicyclic) bond motifs is 6. The molecule has 2 aromatic heterocycles. The van der Waals surface area contributed by atoms with Crippen molar-refractivity contribution in [2.45, 2.75) is 88.6 Å². The van der Waals surface area contributed by atoms with E-state index < -0.39 is 29.5 Å². The molecule has 4 aromatic rings. The maximum atomic E-state index is 17.3. The number of nitrogens with zero attached hydrogens (tertiary/aromatic N) is 5. The van der Waals surface area contributed by atoms with Crippen LogP contribution in [0.1, 0.15) is 85.1 Å². The lowest BCUT2D eigenvalue weighted by Gasteiger charge is -2.40. The van der Waals surface area contributed by atoms with E-state index in [4.69, 9.17) is 28.2 Å². The van der Waals surface area contributed by atoms with E-state index in [0.717, 1.165) is 54.5 Å². The van der Waals surface area contributed by atoms with Crippen LogP contribution in [0.3, 0.4) is 0 Å². The number of nitrogens with one attached hydrogen (secondary N) is 1. The molecule has 1 N–H and O–H groups in total. The molecule has 2 aromatic carbocycles. The number of benzene rings is 2. The Morgan fingerprint density at radius 2 is 1.88 bits per heavy atom. The zero-order valence-corrected chi connectivity index (χ0v) is 32.5. The number of allylic oxidation sites excluding steroid dienone is 4. The first-order valence-corrected chi connectivity index (χ1v) is 20.4. The van der Waals surface area contributed by atoms with E-state index in [1.165, 1.54) is 12.1 Å². The highest BCUT2D eigenvalue weighted by molar-refractivity contribution is 6.46. The molecule has 4 saturated heterocycles. The first kappa shape index (κ1) is 36.9. The Morgan fingerprint density at radius 3 is 2.54 bits per heavy atom. The number of aryl methyl sites for hydroxylation is 2. The summed E-state index contributed by atoms with van der Waals surface area (Å²) >= 11 is 13.2. The summed E-state index contributed by atoms with van der Waals surface area (Å²) < 4.78 is 60.1. The first-order chi connectivity index (χ1) is 27.3. The van der Waals surface area contributed by atoms with Gasteiger partial charge in [0.1, 0.15) is 5.52 Å². The van der Waals surface area contributed by atoms with Gasteiger partial charge in [0.15, 0.2) is 5.82 Å². The highest BCUT2D eigenvalue weighted by Gasteiger charge is 2.57. The lowest BCUT2D eigenvalue weighted by molar-refractivity contribution is -0.138. The van der Waals surface area contributed by atoms with Gasteiger partial charge in [-0.1, -0.05) is 29.3 Å². The molecule has 6 heterocycles. The van der Waals surface area contributed by atoms with Crippen LogP contribution in [0.25, 0.3) is 27.4 Å². The van der Waals surface area contributed by atoms with Crippen LogP contribution in [0.4, 0.5) is 23.2 Å². The van der Waals surface area contributed by atoms with Gasteiger partial charge in [0, 0.05) is 64.9 Å². The van der Waals surface area contributed by atoms with E-state index in [1.54, 1.807) is 4.90 Å². The van der Waals surface area contributed by atoms with Gasteiger partial charge in [0.05, 0.1) is 51.3 Å². The summed E-state index contributed by atoms with van der Waals surface area (Å²) in [5, 5.41) is 15.3. The lowest BCUT2D eigenvalue weighted by atomic mass is 9.79. The second-order valence-electron chi connectivity index (χ2n) is 16.5. The van der Waals surface area contributed by atoms with Crippen molar-refractivity contribution < 1.29 is 27.2 Å². The highest BCUT2D eigenvalue weighted by atomic mass is 35.5. The van der Waals surface area contributed by atoms with Crippen molar-refractivity contribution in [1.82, 2.24) is 19.8 Å². The number of aromatic nitrogens is 2. The Balaban J connectivity index is 1.19. The van der Waals surface area contributed by atoms with Gasteiger partial charge in [-0.3, -0.25) is 9.59 Å². The number of carbonyl (C=O) groups is 2. The van der Waals surface area contributed by atoms with Crippen molar-refractivity contribution >= 4 is 68.1 Å². The summed E-state index contributed by atoms with van der Waals surface area (Å²) in [6.45, 7) is 2.81. The normalized spacial score (nSPS) is 27.1. The first-order valence-electron chi connectivity index (χ1n) is 19.7. The van der Waals surface area contributed by atoms with E-state index in [1.807, 2.05) is 30.0 Å². The van der Waals surface area contributed by atoms with Gasteiger partial charge in [-0.2, -0.15) is 18.4 Å². The van der Waals surface area contributed by atoms with Gasteiger partial charge in [-0.25, -0.2) is 9.37 Å². The monoisotopic (exact) mass is 816 g/mol. The molecule has 4 aliphatic heterocycles. The van der Waals surface area contributed by atoms with E-state index in [0.29, 0.717) is 57.8 Å². The predicted octanol–water partition coefficient (Wildman–Crippen LogP) is 9.23. The van der Waals surface area contributed by atoms with Crippen LogP contribution in [-0.4, -0.2) is 51.4 Å². The molecule has 11 rings (SSSR count). The van der Waals surface area contributed by atoms with Gasteiger partial charge < -0.3 is 19.7 Å². The molecular formula is C43H38Cl2F4N6O2. The molecule has 2 saturated carbocycles. The standard InChI is InChI=1S/C43H38Cl2F4N6O2/c1-20-28-17-33(40-30-16-26(54(40)41(56)21-7-8-21)19-53(42(30)57)25-11-9-24(10-12-25)43(47,48)49)55(38-23-15-32(38)51-18-23)39(28)29-14-22(4-3-13-50)34(36(46)37(29)52-20)27-5-2-6-31(44)35(27)45/h6,9-12,14,17,21,23,26,30,32,38,40,51H,2-5,7-8,15-16,18-19H2,1H3/t23-,26-,30-,32-,38+,40-/m1/s1. The minimum atomic E-state index is -4.52. The van der Waals surface area contributed by atoms with E-state index in [-0.39, 0.29) is 71.7 Å².